The van der Waals surface area contributed by atoms with Crippen molar-refractivity contribution in [3.63, 3.8) is 0 Å². The Labute approximate surface area is 256 Å². The summed E-state index contributed by atoms with van der Waals surface area (Å²) < 4.78 is 57.5. The summed E-state index contributed by atoms with van der Waals surface area (Å²) in [6.45, 7) is 14.4. The molecule has 1 aliphatic heterocycles. The number of hydrogen-bond donors (Lipinski definition) is 1. The second kappa shape index (κ2) is 11.7. The molecule has 15 heteroatoms. The van der Waals surface area contributed by atoms with Crippen molar-refractivity contribution in [1.29, 1.82) is 0 Å². The van der Waals surface area contributed by atoms with Crippen molar-refractivity contribution in [3.8, 4) is 22.7 Å². The van der Waals surface area contributed by atoms with Crippen molar-refractivity contribution in [3.05, 3.63) is 88.4 Å². The number of benzene rings is 1. The number of phenolic OH excluding ortho intramolecular Hbond substituents is 1. The number of carbonyl (C=O) groups excluding carboxylic acids is 1. The molecule has 1 fully saturated rings. The Bertz CT molecular complexity index is 2080. The molecule has 0 aliphatic carbocycles. The Kier molecular flexibility index (Phi) is 8.11. The average molecular weight is 636 g/mol. The van der Waals surface area contributed by atoms with Crippen molar-refractivity contribution in [2.45, 2.75) is 30.8 Å². The molecule has 1 aliphatic rings. The van der Waals surface area contributed by atoms with E-state index in [1.807, 2.05) is 0 Å². The monoisotopic (exact) mass is 635 g/mol. The van der Waals surface area contributed by atoms with Gasteiger partial charge in [0.1, 0.15) is 29.1 Å². The van der Waals surface area contributed by atoms with Gasteiger partial charge in [-0.05, 0) is 44.2 Å². The fourth-order valence-corrected chi connectivity index (χ4v) is 6.56. The minimum Gasteiger partial charge on any atom is -0.507 e. The topological polar surface area (TPSA) is 143 Å². The molecule has 232 valence electrons. The summed E-state index contributed by atoms with van der Waals surface area (Å²) in [5.41, 5.74) is -2.62. The molecule has 45 heavy (non-hydrogen) atoms. The number of anilines is 1. The predicted octanol–water partition coefficient (Wildman–Crippen LogP) is 3.05. The standard InChI is InChI=1S/C30H27F2N7O5S/c1-6-24(41)37-14-16(2)38(18(15-37)13-33-4)29-19-12-21(32)26(25-20(31)8-7-9-22(25)40)35-28(19)39(30(42)36-29)27-17(3)34-11-10-23(27)45(5,43)44/h6-12,16,18,40H,1,13-15H2,2-3,5H3/t16-,18-/m0/s1. The van der Waals surface area contributed by atoms with E-state index in [0.717, 1.165) is 35.1 Å². The molecule has 0 unspecified atom stereocenters. The zero-order chi connectivity index (χ0) is 32.8. The minimum absolute atomic E-state index is 0.0697. The average Bonchev–Trinajstić information content (AvgIpc) is 2.97. The molecule has 1 N–H and O–H groups in total. The van der Waals surface area contributed by atoms with E-state index >= 15 is 4.39 Å². The molecule has 1 aromatic carbocycles. The molecule has 2 atom stereocenters. The lowest BCUT2D eigenvalue weighted by atomic mass is 10.0. The SMILES string of the molecule is [C-]#[N+]C[C@H]1CN(C(=O)C=C)C[C@H](C)N1c1nc(=O)n(-c2c(S(C)(=O)=O)ccnc2C)c2nc(-c3c(O)cccc3F)c(F)cc12. The Balaban J connectivity index is 1.90. The molecule has 12 nitrogen and oxygen atoms in total. The number of sulfone groups is 1. The summed E-state index contributed by atoms with van der Waals surface area (Å²) in [5, 5.41) is 10.4. The smallest absolute Gasteiger partial charge is 0.355 e. The fourth-order valence-electron chi connectivity index (χ4n) is 5.66. The van der Waals surface area contributed by atoms with Crippen LogP contribution in [0.25, 0.3) is 32.8 Å². The van der Waals surface area contributed by atoms with Crippen LogP contribution in [0.5, 0.6) is 5.75 Å². The van der Waals surface area contributed by atoms with Gasteiger partial charge in [-0.15, -0.1) is 0 Å². The number of fused-ring (bicyclic) bond motifs is 1. The van der Waals surface area contributed by atoms with E-state index in [1.165, 1.54) is 30.2 Å². The van der Waals surface area contributed by atoms with Gasteiger partial charge >= 0.3 is 5.69 Å². The van der Waals surface area contributed by atoms with Gasteiger partial charge in [-0.2, -0.15) is 4.98 Å². The second-order valence-electron chi connectivity index (χ2n) is 10.6. The summed E-state index contributed by atoms with van der Waals surface area (Å²) in [6.07, 6.45) is 3.35. The highest BCUT2D eigenvalue weighted by Gasteiger charge is 2.38. The molecule has 0 bridgehead atoms. The number of rotatable bonds is 6. The minimum atomic E-state index is -3.96. The Hall–Kier alpha value is -5.23. The van der Waals surface area contributed by atoms with Gasteiger partial charge in [-0.1, -0.05) is 12.6 Å². The number of aromatic nitrogens is 4. The molecule has 1 amide bonds. The van der Waals surface area contributed by atoms with Crippen LogP contribution < -0.4 is 10.6 Å². The molecule has 5 rings (SSSR count). The van der Waals surface area contributed by atoms with Crippen LogP contribution in [-0.4, -0.2) is 81.8 Å². The van der Waals surface area contributed by atoms with E-state index in [-0.39, 0.29) is 58.7 Å². The number of phenols is 1. The zero-order valence-electron chi connectivity index (χ0n) is 24.4. The van der Waals surface area contributed by atoms with Gasteiger partial charge in [0.2, 0.25) is 12.5 Å². The molecule has 3 aromatic heterocycles. The third-order valence-corrected chi connectivity index (χ3v) is 8.67. The number of piperazine rings is 1. The number of hydrogen-bond acceptors (Lipinski definition) is 9. The first kappa shape index (κ1) is 31.2. The normalized spacial score (nSPS) is 16.9. The van der Waals surface area contributed by atoms with E-state index in [1.54, 1.807) is 11.8 Å². The number of halogens is 2. The predicted molar refractivity (Wildman–Crippen MR) is 162 cm³/mol. The van der Waals surface area contributed by atoms with Crippen LogP contribution in [0.3, 0.4) is 0 Å². The maximum Gasteiger partial charge on any atom is 0.355 e. The number of amides is 1. The third kappa shape index (κ3) is 5.48. The molecule has 0 spiro atoms. The first-order chi connectivity index (χ1) is 21.3. The molecular formula is C30H27F2N7O5S. The molecule has 0 radical (unpaired) electrons. The highest BCUT2D eigenvalue weighted by molar-refractivity contribution is 7.90. The third-order valence-electron chi connectivity index (χ3n) is 7.54. The summed E-state index contributed by atoms with van der Waals surface area (Å²) in [4.78, 5) is 45.6. The van der Waals surface area contributed by atoms with Gasteiger partial charge in [0.25, 0.3) is 0 Å². The van der Waals surface area contributed by atoms with Crippen LogP contribution in [0, 0.1) is 25.1 Å². The van der Waals surface area contributed by atoms with Crippen LogP contribution >= 0.6 is 0 Å². The van der Waals surface area contributed by atoms with Crippen molar-refractivity contribution >= 4 is 32.6 Å². The number of carbonyl (C=O) groups is 1. The van der Waals surface area contributed by atoms with E-state index < -0.39 is 56.3 Å². The van der Waals surface area contributed by atoms with E-state index in [4.69, 9.17) is 6.57 Å². The molecule has 1 saturated heterocycles. The Morgan fingerprint density at radius 2 is 1.96 bits per heavy atom. The first-order valence-corrected chi connectivity index (χ1v) is 15.5. The second-order valence-corrected chi connectivity index (χ2v) is 12.6. The molecule has 4 heterocycles. The lowest BCUT2D eigenvalue weighted by Crippen LogP contribution is -2.60. The largest absolute Gasteiger partial charge is 0.507 e. The van der Waals surface area contributed by atoms with Gasteiger partial charge in [0.15, 0.2) is 21.3 Å². The highest BCUT2D eigenvalue weighted by atomic mass is 32.2. The molecular weight excluding hydrogens is 608 g/mol. The summed E-state index contributed by atoms with van der Waals surface area (Å²) >= 11 is 0. The van der Waals surface area contributed by atoms with Crippen LogP contribution in [0.4, 0.5) is 14.6 Å². The van der Waals surface area contributed by atoms with Crippen molar-refractivity contribution in [1.82, 2.24) is 24.4 Å². The molecule has 0 saturated carbocycles. The van der Waals surface area contributed by atoms with Gasteiger partial charge < -0.3 is 19.8 Å². The number of pyridine rings is 2. The molecule has 4 aromatic rings. The van der Waals surface area contributed by atoms with Crippen LogP contribution in [-0.2, 0) is 14.6 Å². The Morgan fingerprint density at radius 1 is 1.22 bits per heavy atom. The van der Waals surface area contributed by atoms with Crippen LogP contribution in [0.2, 0.25) is 0 Å². The van der Waals surface area contributed by atoms with E-state index in [9.17, 15) is 27.5 Å². The summed E-state index contributed by atoms with van der Waals surface area (Å²) in [6, 6.07) is 4.30. The summed E-state index contributed by atoms with van der Waals surface area (Å²) in [5.74, 6) is -3.11. The van der Waals surface area contributed by atoms with Crippen LogP contribution in [0.15, 0.2) is 58.9 Å². The van der Waals surface area contributed by atoms with Crippen molar-refractivity contribution < 1.29 is 27.1 Å². The van der Waals surface area contributed by atoms with E-state index in [0.29, 0.717) is 0 Å². The lowest BCUT2D eigenvalue weighted by molar-refractivity contribution is -0.127. The number of nitrogens with zero attached hydrogens (tertiary/aromatic N) is 7. The van der Waals surface area contributed by atoms with Crippen LogP contribution in [0.1, 0.15) is 12.6 Å². The number of aryl methyl sites for hydroxylation is 1. The fraction of sp³-hybridized carbons (Fsp3) is 0.267. The Morgan fingerprint density at radius 3 is 2.60 bits per heavy atom. The maximum atomic E-state index is 16.0. The maximum absolute atomic E-state index is 16.0. The quantitative estimate of drug-likeness (QED) is 0.250. The first-order valence-electron chi connectivity index (χ1n) is 13.6. The lowest BCUT2D eigenvalue weighted by Gasteiger charge is -2.44. The van der Waals surface area contributed by atoms with Crippen molar-refractivity contribution in [2.24, 2.45) is 0 Å². The zero-order valence-corrected chi connectivity index (χ0v) is 25.2. The number of aromatic hydroxyl groups is 1. The van der Waals surface area contributed by atoms with E-state index in [2.05, 4.69) is 26.4 Å². The van der Waals surface area contributed by atoms with Crippen molar-refractivity contribution in [2.75, 3.05) is 30.8 Å². The highest BCUT2D eigenvalue weighted by Crippen LogP contribution is 2.37. The van der Waals surface area contributed by atoms with Gasteiger partial charge in [-0.3, -0.25) is 9.78 Å². The van der Waals surface area contributed by atoms with Gasteiger partial charge in [-0.25, -0.2) is 38.1 Å². The van der Waals surface area contributed by atoms with Gasteiger partial charge in [0.05, 0.1) is 27.2 Å². The van der Waals surface area contributed by atoms with Gasteiger partial charge in [0, 0.05) is 31.6 Å². The summed E-state index contributed by atoms with van der Waals surface area (Å²) in [7, 11) is -3.96.